The summed E-state index contributed by atoms with van der Waals surface area (Å²) in [6, 6.07) is 16.6. The van der Waals surface area contributed by atoms with Gasteiger partial charge in [-0.25, -0.2) is 4.79 Å². The van der Waals surface area contributed by atoms with E-state index in [1.165, 1.54) is 0 Å². The topological polar surface area (TPSA) is 114 Å². The Morgan fingerprint density at radius 1 is 0.886 bits per heavy atom. The molecule has 0 aliphatic heterocycles. The number of hydrogen-bond donors (Lipinski definition) is 3. The van der Waals surface area contributed by atoms with Crippen LogP contribution in [-0.2, 0) is 25.7 Å². The molecule has 2 aromatic rings. The Morgan fingerprint density at radius 3 is 2.14 bits per heavy atom. The highest BCUT2D eigenvalue weighted by atomic mass is 19.4. The maximum atomic E-state index is 12.7. The lowest BCUT2D eigenvalue weighted by Gasteiger charge is -2.18. The zero-order valence-electron chi connectivity index (χ0n) is 18.8. The molecule has 8 nitrogen and oxygen atoms in total. The molecule has 0 spiro atoms. The Morgan fingerprint density at radius 2 is 1.51 bits per heavy atom. The van der Waals surface area contributed by atoms with Gasteiger partial charge in [0.15, 0.2) is 0 Å². The van der Waals surface area contributed by atoms with Crippen molar-refractivity contribution in [3.63, 3.8) is 0 Å². The summed E-state index contributed by atoms with van der Waals surface area (Å²) in [5.41, 5.74) is 1.30. The number of carbonyl (C=O) groups is 4. The number of halogens is 3. The van der Waals surface area contributed by atoms with Gasteiger partial charge in [-0.05, 0) is 37.0 Å². The number of alkyl carbamates (subject to hydrolysis) is 1. The summed E-state index contributed by atoms with van der Waals surface area (Å²) in [5.74, 6) is -3.63. The molecule has 0 aliphatic rings. The molecule has 3 amide bonds. The summed E-state index contributed by atoms with van der Waals surface area (Å²) in [6.07, 6.45) is -6.30. The van der Waals surface area contributed by atoms with E-state index in [0.29, 0.717) is 18.5 Å². The lowest BCUT2D eigenvalue weighted by molar-refractivity contribution is -0.172. The predicted molar refractivity (Wildman–Crippen MR) is 121 cm³/mol. The molecule has 0 heterocycles. The third-order valence-electron chi connectivity index (χ3n) is 4.74. The summed E-state index contributed by atoms with van der Waals surface area (Å²) in [4.78, 5) is 47.3. The number of alkyl halides is 3. The lowest BCUT2D eigenvalue weighted by atomic mass is 10.1. The summed E-state index contributed by atoms with van der Waals surface area (Å²) in [6.45, 7) is 0.0256. The van der Waals surface area contributed by atoms with Crippen LogP contribution in [0, 0.1) is 0 Å². The Balaban J connectivity index is 1.84. The summed E-state index contributed by atoms with van der Waals surface area (Å²) in [5, 5.41) is 7.45. The van der Waals surface area contributed by atoms with E-state index in [2.05, 4.69) is 16.0 Å². The standard InChI is InChI=1S/C24H26F3N3O5/c25-24(26,27)20(31)15-21(32)28-14-8-7-13-19(22(33)29-18-11-5-2-6-12-18)30-23(34)35-16-17-9-3-1-4-10-17/h1-6,9-12,19H,7-8,13-16H2,(H,28,32)(H,29,33)(H,30,34)/t19-/m0/s1. The Bertz CT molecular complexity index is 985. The fourth-order valence-electron chi connectivity index (χ4n) is 2.94. The van der Waals surface area contributed by atoms with Gasteiger partial charge in [0.25, 0.3) is 0 Å². The highest BCUT2D eigenvalue weighted by Gasteiger charge is 2.39. The molecular weight excluding hydrogens is 467 g/mol. The zero-order valence-corrected chi connectivity index (χ0v) is 18.8. The van der Waals surface area contributed by atoms with Gasteiger partial charge in [-0.15, -0.1) is 0 Å². The number of para-hydroxylation sites is 1. The molecule has 1 atom stereocenters. The third kappa shape index (κ3) is 10.7. The fourth-order valence-corrected chi connectivity index (χ4v) is 2.94. The Labute approximate surface area is 200 Å². The smallest absolute Gasteiger partial charge is 0.445 e. The van der Waals surface area contributed by atoms with Crippen molar-refractivity contribution in [2.24, 2.45) is 0 Å². The van der Waals surface area contributed by atoms with Crippen molar-refractivity contribution in [1.82, 2.24) is 10.6 Å². The molecule has 0 aliphatic carbocycles. The first-order valence-corrected chi connectivity index (χ1v) is 10.8. The molecular formula is C24H26F3N3O5. The number of amides is 3. The summed E-state index contributed by atoms with van der Waals surface area (Å²) < 4.78 is 41.8. The minimum Gasteiger partial charge on any atom is -0.445 e. The fraction of sp³-hybridized carbons (Fsp3) is 0.333. The number of carbonyl (C=O) groups excluding carboxylic acids is 4. The average Bonchev–Trinajstić information content (AvgIpc) is 2.82. The van der Waals surface area contributed by atoms with Crippen molar-refractivity contribution < 1.29 is 37.1 Å². The second-order valence-corrected chi connectivity index (χ2v) is 7.56. The van der Waals surface area contributed by atoms with Crippen molar-refractivity contribution in [3.05, 3.63) is 66.2 Å². The normalized spacial score (nSPS) is 11.7. The number of anilines is 1. The SMILES string of the molecule is O=C(CC(=O)C(F)(F)F)NCCCC[C@H](NC(=O)OCc1ccccc1)C(=O)Nc1ccccc1. The molecule has 0 radical (unpaired) electrons. The number of Topliss-reactive ketones (excluding diaryl/α,β-unsaturated/α-hetero) is 1. The van der Waals surface area contributed by atoms with Crippen LogP contribution in [0.2, 0.25) is 0 Å². The van der Waals surface area contributed by atoms with E-state index >= 15 is 0 Å². The molecule has 0 aromatic heterocycles. The average molecular weight is 493 g/mol. The van der Waals surface area contributed by atoms with Crippen molar-refractivity contribution in [2.75, 3.05) is 11.9 Å². The first-order valence-electron chi connectivity index (χ1n) is 10.8. The van der Waals surface area contributed by atoms with Crippen molar-refractivity contribution >= 4 is 29.4 Å². The number of ketones is 1. The number of ether oxygens (including phenoxy) is 1. The molecule has 2 aromatic carbocycles. The largest absolute Gasteiger partial charge is 0.450 e. The molecule has 188 valence electrons. The van der Waals surface area contributed by atoms with Crippen LogP contribution in [0.15, 0.2) is 60.7 Å². The molecule has 3 N–H and O–H groups in total. The van der Waals surface area contributed by atoms with Crippen molar-refractivity contribution in [1.29, 1.82) is 0 Å². The molecule has 35 heavy (non-hydrogen) atoms. The molecule has 0 unspecified atom stereocenters. The zero-order chi connectivity index (χ0) is 25.7. The van der Waals surface area contributed by atoms with Gasteiger partial charge in [0.2, 0.25) is 17.6 Å². The van der Waals surface area contributed by atoms with Crippen LogP contribution in [0.5, 0.6) is 0 Å². The molecule has 0 saturated heterocycles. The van der Waals surface area contributed by atoms with Gasteiger partial charge in [0.05, 0.1) is 6.42 Å². The molecule has 0 saturated carbocycles. The van der Waals surface area contributed by atoms with Crippen molar-refractivity contribution in [2.45, 2.75) is 44.5 Å². The van der Waals surface area contributed by atoms with E-state index in [4.69, 9.17) is 4.74 Å². The molecule has 11 heteroatoms. The first-order chi connectivity index (χ1) is 16.6. The second-order valence-electron chi connectivity index (χ2n) is 7.56. The van der Waals surface area contributed by atoms with E-state index in [0.717, 1.165) is 5.56 Å². The van der Waals surface area contributed by atoms with Crippen LogP contribution >= 0.6 is 0 Å². The molecule has 2 rings (SSSR count). The minimum atomic E-state index is -5.06. The van der Waals surface area contributed by atoms with E-state index in [-0.39, 0.29) is 19.6 Å². The van der Waals surface area contributed by atoms with E-state index in [1.54, 1.807) is 54.6 Å². The first kappa shape index (κ1) is 27.4. The van der Waals surface area contributed by atoms with Gasteiger partial charge < -0.3 is 20.7 Å². The predicted octanol–water partition coefficient (Wildman–Crippen LogP) is 3.73. The highest BCUT2D eigenvalue weighted by molar-refractivity contribution is 6.00. The number of nitrogens with one attached hydrogen (secondary N) is 3. The summed E-state index contributed by atoms with van der Waals surface area (Å²) >= 11 is 0. The van der Waals surface area contributed by atoms with Gasteiger partial charge in [-0.1, -0.05) is 48.5 Å². The van der Waals surface area contributed by atoms with Gasteiger partial charge in [0.1, 0.15) is 12.6 Å². The van der Waals surface area contributed by atoms with Crippen LogP contribution in [-0.4, -0.2) is 42.5 Å². The van der Waals surface area contributed by atoms with Crippen LogP contribution in [0.1, 0.15) is 31.2 Å². The highest BCUT2D eigenvalue weighted by Crippen LogP contribution is 2.17. The number of hydrogen-bond acceptors (Lipinski definition) is 5. The number of rotatable bonds is 12. The van der Waals surface area contributed by atoms with Gasteiger partial charge >= 0.3 is 12.3 Å². The van der Waals surface area contributed by atoms with Crippen molar-refractivity contribution in [3.8, 4) is 0 Å². The van der Waals surface area contributed by atoms with E-state index < -0.39 is 42.3 Å². The minimum absolute atomic E-state index is 0.00937. The summed E-state index contributed by atoms with van der Waals surface area (Å²) in [7, 11) is 0. The maximum absolute atomic E-state index is 12.7. The van der Waals surface area contributed by atoms with Gasteiger partial charge in [-0.3, -0.25) is 14.4 Å². The van der Waals surface area contributed by atoms with Crippen LogP contribution < -0.4 is 16.0 Å². The lowest BCUT2D eigenvalue weighted by Crippen LogP contribution is -2.44. The quantitative estimate of drug-likeness (QED) is 0.308. The second kappa shape index (κ2) is 13.7. The molecule has 0 fully saturated rings. The van der Waals surface area contributed by atoms with Crippen LogP contribution in [0.4, 0.5) is 23.7 Å². The monoisotopic (exact) mass is 493 g/mol. The third-order valence-corrected chi connectivity index (χ3v) is 4.74. The Hall–Kier alpha value is -3.89. The molecule has 0 bridgehead atoms. The van der Waals surface area contributed by atoms with E-state index in [1.807, 2.05) is 6.07 Å². The van der Waals surface area contributed by atoms with Crippen LogP contribution in [0.3, 0.4) is 0 Å². The van der Waals surface area contributed by atoms with E-state index in [9.17, 15) is 32.3 Å². The van der Waals surface area contributed by atoms with Gasteiger partial charge in [-0.2, -0.15) is 13.2 Å². The number of benzene rings is 2. The maximum Gasteiger partial charge on any atom is 0.450 e. The Kier molecular flexibility index (Phi) is 10.7. The number of unbranched alkanes of at least 4 members (excludes halogenated alkanes) is 1. The van der Waals surface area contributed by atoms with Gasteiger partial charge in [0, 0.05) is 12.2 Å². The van der Waals surface area contributed by atoms with Crippen LogP contribution in [0.25, 0.3) is 0 Å².